The first-order valence-electron chi connectivity index (χ1n) is 10.9. The molecule has 1 fully saturated rings. The third kappa shape index (κ3) is 5.60. The molecule has 6 nitrogen and oxygen atoms in total. The summed E-state index contributed by atoms with van der Waals surface area (Å²) in [4.78, 5) is 20.9. The van der Waals surface area contributed by atoms with Crippen LogP contribution in [0.15, 0.2) is 54.6 Å². The molecular weight excluding hydrogens is 388 g/mol. The fraction of sp³-hybridized carbons (Fsp3) is 0.360. The Hall–Kier alpha value is -2.96. The second-order valence-electron chi connectivity index (χ2n) is 8.08. The van der Waals surface area contributed by atoms with Crippen LogP contribution >= 0.6 is 0 Å². The number of nitrogens with zero attached hydrogens (tertiary/aromatic N) is 3. The van der Waals surface area contributed by atoms with E-state index in [4.69, 9.17) is 4.74 Å². The lowest BCUT2D eigenvalue weighted by Crippen LogP contribution is -2.47. The number of amides is 1. The van der Waals surface area contributed by atoms with Crippen LogP contribution in [0.4, 0.5) is 5.69 Å². The molecule has 0 atom stereocenters. The van der Waals surface area contributed by atoms with Gasteiger partial charge in [0.15, 0.2) is 0 Å². The van der Waals surface area contributed by atoms with Gasteiger partial charge in [0.1, 0.15) is 12.4 Å². The van der Waals surface area contributed by atoms with Gasteiger partial charge in [0.25, 0.3) is 0 Å². The van der Waals surface area contributed by atoms with Gasteiger partial charge in [0.05, 0.1) is 5.52 Å². The fourth-order valence-electron chi connectivity index (χ4n) is 4.02. The van der Waals surface area contributed by atoms with Crippen molar-refractivity contribution in [2.75, 3.05) is 44.6 Å². The number of pyridine rings is 1. The van der Waals surface area contributed by atoms with Crippen LogP contribution in [0.2, 0.25) is 0 Å². The van der Waals surface area contributed by atoms with Crippen molar-refractivity contribution in [3.63, 3.8) is 0 Å². The number of hydrogen-bond donors (Lipinski definition) is 1. The molecule has 0 spiro atoms. The van der Waals surface area contributed by atoms with Gasteiger partial charge >= 0.3 is 0 Å². The van der Waals surface area contributed by atoms with Gasteiger partial charge in [-0.1, -0.05) is 24.3 Å². The Morgan fingerprint density at radius 3 is 2.58 bits per heavy atom. The van der Waals surface area contributed by atoms with Gasteiger partial charge in [-0.25, -0.2) is 0 Å². The fourth-order valence-corrected chi connectivity index (χ4v) is 4.02. The molecule has 1 amide bonds. The Bertz CT molecular complexity index is 1040. The Kier molecular flexibility index (Phi) is 6.79. The number of para-hydroxylation sites is 1. The first-order chi connectivity index (χ1) is 15.1. The van der Waals surface area contributed by atoms with E-state index < -0.39 is 0 Å². The molecule has 0 unspecified atom stereocenters. The van der Waals surface area contributed by atoms with Gasteiger partial charge in [-0.2, -0.15) is 0 Å². The minimum Gasteiger partial charge on any atom is -0.492 e. The first kappa shape index (κ1) is 21.3. The third-order valence-electron chi connectivity index (χ3n) is 5.68. The summed E-state index contributed by atoms with van der Waals surface area (Å²) in [6.07, 6.45) is 0. The molecule has 0 bridgehead atoms. The summed E-state index contributed by atoms with van der Waals surface area (Å²) >= 11 is 0. The van der Waals surface area contributed by atoms with Crippen LogP contribution in [0.1, 0.15) is 18.2 Å². The quantitative estimate of drug-likeness (QED) is 0.634. The molecule has 0 radical (unpaired) electrons. The van der Waals surface area contributed by atoms with Gasteiger partial charge in [-0.05, 0) is 42.8 Å². The minimum absolute atomic E-state index is 0.0330. The van der Waals surface area contributed by atoms with Crippen molar-refractivity contribution >= 4 is 22.5 Å². The van der Waals surface area contributed by atoms with Crippen molar-refractivity contribution in [1.82, 2.24) is 14.8 Å². The van der Waals surface area contributed by atoms with E-state index in [9.17, 15) is 4.79 Å². The molecular formula is C25H30N4O2. The summed E-state index contributed by atoms with van der Waals surface area (Å²) in [5, 5.41) is 4.00. The van der Waals surface area contributed by atoms with Crippen LogP contribution in [0.3, 0.4) is 0 Å². The van der Waals surface area contributed by atoms with Crippen LogP contribution in [-0.2, 0) is 11.3 Å². The molecule has 1 aromatic heterocycles. The molecule has 6 heteroatoms. The summed E-state index contributed by atoms with van der Waals surface area (Å²) in [6.45, 7) is 10.0. The van der Waals surface area contributed by atoms with Crippen molar-refractivity contribution in [3.05, 3.63) is 65.9 Å². The molecule has 0 saturated carbocycles. The summed E-state index contributed by atoms with van der Waals surface area (Å²) in [5.41, 5.74) is 4.06. The molecule has 31 heavy (non-hydrogen) atoms. The molecule has 1 aliphatic rings. The lowest BCUT2D eigenvalue weighted by molar-refractivity contribution is -0.114. The summed E-state index contributed by atoms with van der Waals surface area (Å²) in [5.74, 6) is 0.868. The number of carbonyl (C=O) groups is 1. The zero-order valence-corrected chi connectivity index (χ0v) is 18.3. The van der Waals surface area contributed by atoms with E-state index in [-0.39, 0.29) is 5.91 Å². The molecule has 2 aromatic carbocycles. The van der Waals surface area contributed by atoms with Crippen LogP contribution in [0.5, 0.6) is 5.75 Å². The number of aryl methyl sites for hydroxylation is 1. The van der Waals surface area contributed by atoms with Crippen molar-refractivity contribution < 1.29 is 9.53 Å². The molecule has 1 saturated heterocycles. The number of hydrogen-bond acceptors (Lipinski definition) is 5. The molecule has 162 valence electrons. The highest BCUT2D eigenvalue weighted by Crippen LogP contribution is 2.24. The van der Waals surface area contributed by atoms with E-state index in [1.165, 1.54) is 0 Å². The molecule has 4 rings (SSSR count). The lowest BCUT2D eigenvalue weighted by atomic mass is 10.1. The van der Waals surface area contributed by atoms with Crippen molar-refractivity contribution in [3.8, 4) is 5.75 Å². The highest BCUT2D eigenvalue weighted by molar-refractivity contribution is 5.89. The number of nitrogens with one attached hydrogen (secondary N) is 1. The second-order valence-corrected chi connectivity index (χ2v) is 8.08. The van der Waals surface area contributed by atoms with Crippen molar-refractivity contribution in [1.29, 1.82) is 0 Å². The molecule has 3 aromatic rings. The Morgan fingerprint density at radius 1 is 1.00 bits per heavy atom. The number of aromatic nitrogens is 1. The van der Waals surface area contributed by atoms with E-state index in [1.807, 2.05) is 49.4 Å². The number of benzene rings is 2. The number of anilines is 1. The average Bonchev–Trinajstić information content (AvgIpc) is 2.76. The van der Waals surface area contributed by atoms with E-state index >= 15 is 0 Å². The van der Waals surface area contributed by atoms with Gasteiger partial charge in [0.2, 0.25) is 5.91 Å². The van der Waals surface area contributed by atoms with Gasteiger partial charge < -0.3 is 10.1 Å². The third-order valence-corrected chi connectivity index (χ3v) is 5.68. The number of piperazine rings is 1. The summed E-state index contributed by atoms with van der Waals surface area (Å²) < 4.78 is 6.10. The maximum Gasteiger partial charge on any atom is 0.221 e. The Morgan fingerprint density at radius 2 is 1.77 bits per heavy atom. The molecule has 1 aliphatic heterocycles. The maximum atomic E-state index is 11.4. The van der Waals surface area contributed by atoms with Crippen LogP contribution < -0.4 is 10.1 Å². The van der Waals surface area contributed by atoms with E-state index in [1.54, 1.807) is 6.92 Å². The molecule has 0 aliphatic carbocycles. The number of rotatable bonds is 7. The Labute approximate surface area is 183 Å². The smallest absolute Gasteiger partial charge is 0.221 e. The van der Waals surface area contributed by atoms with Gasteiger partial charge in [0, 0.05) is 63.0 Å². The number of carbonyl (C=O) groups excluding carboxylic acids is 1. The van der Waals surface area contributed by atoms with Crippen molar-refractivity contribution in [2.45, 2.75) is 20.4 Å². The largest absolute Gasteiger partial charge is 0.492 e. The highest BCUT2D eigenvalue weighted by atomic mass is 16.5. The summed E-state index contributed by atoms with van der Waals surface area (Å²) in [6, 6.07) is 18.2. The zero-order chi connectivity index (χ0) is 21.6. The van der Waals surface area contributed by atoms with E-state index in [0.717, 1.165) is 72.9 Å². The minimum atomic E-state index is -0.0330. The van der Waals surface area contributed by atoms with Crippen LogP contribution in [-0.4, -0.2) is 60.0 Å². The van der Waals surface area contributed by atoms with Crippen molar-refractivity contribution in [2.24, 2.45) is 0 Å². The topological polar surface area (TPSA) is 57.7 Å². The monoisotopic (exact) mass is 418 g/mol. The predicted octanol–water partition coefficient (Wildman–Crippen LogP) is 3.70. The highest BCUT2D eigenvalue weighted by Gasteiger charge is 2.18. The standard InChI is InChI=1S/C25H30N4O2/c1-19-10-11-22-24(26-19)8-5-9-25(22)31-17-16-28-12-14-29(15-13-28)18-21-6-3-4-7-23(21)27-20(2)30/h3-11H,12-18H2,1-2H3,(H,27,30). The van der Waals surface area contributed by atoms with Gasteiger partial charge in [-0.15, -0.1) is 0 Å². The number of fused-ring (bicyclic) bond motifs is 1. The van der Waals surface area contributed by atoms with Crippen LogP contribution in [0.25, 0.3) is 10.9 Å². The summed E-state index contributed by atoms with van der Waals surface area (Å²) in [7, 11) is 0. The van der Waals surface area contributed by atoms with E-state index in [2.05, 4.69) is 32.2 Å². The zero-order valence-electron chi connectivity index (χ0n) is 18.3. The van der Waals surface area contributed by atoms with Crippen LogP contribution in [0, 0.1) is 6.92 Å². The molecule has 1 N–H and O–H groups in total. The first-order valence-corrected chi connectivity index (χ1v) is 10.9. The van der Waals surface area contributed by atoms with Gasteiger partial charge in [-0.3, -0.25) is 19.6 Å². The maximum absolute atomic E-state index is 11.4. The SMILES string of the molecule is CC(=O)Nc1ccccc1CN1CCN(CCOc2cccc3nc(C)ccc23)CC1. The second kappa shape index (κ2) is 9.90. The lowest BCUT2D eigenvalue weighted by Gasteiger charge is -2.34. The average molecular weight is 419 g/mol. The van der Waals surface area contributed by atoms with E-state index in [0.29, 0.717) is 6.61 Å². The molecule has 2 heterocycles. The Balaban J connectivity index is 1.26. The normalized spacial score (nSPS) is 15.2. The predicted molar refractivity (Wildman–Crippen MR) is 124 cm³/mol. The number of ether oxygens (including phenoxy) is 1.